The lowest BCUT2D eigenvalue weighted by atomic mass is 9.75. The lowest BCUT2D eigenvalue weighted by molar-refractivity contribution is 0.0252. The van der Waals surface area contributed by atoms with Crippen LogP contribution in [0, 0.1) is 6.92 Å². The summed E-state index contributed by atoms with van der Waals surface area (Å²) in [6.45, 7) is 2.80. The van der Waals surface area contributed by atoms with Gasteiger partial charge in [-0.15, -0.1) is 0 Å². The Kier molecular flexibility index (Phi) is 4.55. The molecule has 3 nitrogen and oxygen atoms in total. The van der Waals surface area contributed by atoms with E-state index in [1.807, 2.05) is 37.1 Å². The average molecular weight is 339 g/mol. The van der Waals surface area contributed by atoms with E-state index in [0.29, 0.717) is 0 Å². The van der Waals surface area contributed by atoms with E-state index in [1.165, 1.54) is 19.3 Å². The smallest absolute Gasteiger partial charge is 0.253 e. The molecule has 0 aliphatic heterocycles. The standard InChI is InChI=1S/C16H23BrN2O/c1-12-8-13(10-14(17)9-12)15(20)19(4)11-16(18(2)3)6-5-7-16/h8-10H,5-7,11H2,1-4H3. The maximum Gasteiger partial charge on any atom is 0.253 e. The Bertz CT molecular complexity index is 489. The number of hydrogen-bond acceptors (Lipinski definition) is 2. The van der Waals surface area contributed by atoms with Crippen LogP contribution in [0.3, 0.4) is 0 Å². The fourth-order valence-corrected chi connectivity index (χ4v) is 3.53. The van der Waals surface area contributed by atoms with E-state index in [4.69, 9.17) is 0 Å². The molecule has 0 atom stereocenters. The number of carbonyl (C=O) groups excluding carboxylic acids is 1. The van der Waals surface area contributed by atoms with Crippen molar-refractivity contribution < 1.29 is 4.79 Å². The molecule has 1 aromatic carbocycles. The number of halogens is 1. The zero-order valence-electron chi connectivity index (χ0n) is 12.7. The molecule has 0 radical (unpaired) electrons. The van der Waals surface area contributed by atoms with E-state index >= 15 is 0 Å². The van der Waals surface area contributed by atoms with Crippen molar-refractivity contribution in [3.63, 3.8) is 0 Å². The molecule has 4 heteroatoms. The van der Waals surface area contributed by atoms with Crippen molar-refractivity contribution in [1.82, 2.24) is 9.80 Å². The van der Waals surface area contributed by atoms with E-state index in [9.17, 15) is 4.79 Å². The van der Waals surface area contributed by atoms with Gasteiger partial charge in [0.1, 0.15) is 0 Å². The molecule has 0 N–H and O–H groups in total. The van der Waals surface area contributed by atoms with Gasteiger partial charge in [0.15, 0.2) is 0 Å². The first-order chi connectivity index (χ1) is 9.34. The first kappa shape index (κ1) is 15.5. The van der Waals surface area contributed by atoms with Crippen molar-refractivity contribution >= 4 is 21.8 Å². The van der Waals surface area contributed by atoms with Crippen LogP contribution in [0.15, 0.2) is 22.7 Å². The average Bonchev–Trinajstić information content (AvgIpc) is 2.30. The molecule has 110 valence electrons. The van der Waals surface area contributed by atoms with Gasteiger partial charge in [0.2, 0.25) is 0 Å². The van der Waals surface area contributed by atoms with E-state index in [1.54, 1.807) is 0 Å². The van der Waals surface area contributed by atoms with E-state index in [2.05, 4.69) is 34.9 Å². The SMILES string of the molecule is Cc1cc(Br)cc(C(=O)N(C)CC2(N(C)C)CCC2)c1. The maximum absolute atomic E-state index is 12.6. The summed E-state index contributed by atoms with van der Waals surface area (Å²) in [5.74, 6) is 0.0996. The normalized spacial score (nSPS) is 16.9. The molecule has 1 amide bonds. The summed E-state index contributed by atoms with van der Waals surface area (Å²) < 4.78 is 0.959. The van der Waals surface area contributed by atoms with E-state index in [0.717, 1.165) is 22.1 Å². The minimum atomic E-state index is 0.0996. The molecule has 1 fully saturated rings. The van der Waals surface area contributed by atoms with Crippen LogP contribution in [-0.2, 0) is 0 Å². The molecule has 2 rings (SSSR count). The van der Waals surface area contributed by atoms with Gasteiger partial charge in [0.05, 0.1) is 0 Å². The summed E-state index contributed by atoms with van der Waals surface area (Å²) in [6, 6.07) is 5.87. The number of nitrogens with zero attached hydrogens (tertiary/aromatic N) is 2. The number of carbonyl (C=O) groups is 1. The molecule has 0 bridgehead atoms. The monoisotopic (exact) mass is 338 g/mol. The topological polar surface area (TPSA) is 23.6 Å². The van der Waals surface area contributed by atoms with Crippen LogP contribution in [0.5, 0.6) is 0 Å². The van der Waals surface area contributed by atoms with Crippen molar-refractivity contribution in [2.75, 3.05) is 27.7 Å². The van der Waals surface area contributed by atoms with Crippen LogP contribution < -0.4 is 0 Å². The Balaban J connectivity index is 2.12. The Morgan fingerprint density at radius 3 is 2.35 bits per heavy atom. The zero-order chi connectivity index (χ0) is 14.9. The first-order valence-electron chi connectivity index (χ1n) is 7.04. The highest BCUT2D eigenvalue weighted by atomic mass is 79.9. The highest BCUT2D eigenvalue weighted by molar-refractivity contribution is 9.10. The largest absolute Gasteiger partial charge is 0.340 e. The Hall–Kier alpha value is -0.870. The zero-order valence-corrected chi connectivity index (χ0v) is 14.3. The van der Waals surface area contributed by atoms with Gasteiger partial charge >= 0.3 is 0 Å². The van der Waals surface area contributed by atoms with Crippen molar-refractivity contribution in [3.05, 3.63) is 33.8 Å². The van der Waals surface area contributed by atoms with E-state index in [-0.39, 0.29) is 11.4 Å². The van der Waals surface area contributed by atoms with Crippen molar-refractivity contribution in [2.24, 2.45) is 0 Å². The minimum absolute atomic E-state index is 0.0996. The Morgan fingerprint density at radius 1 is 1.25 bits per heavy atom. The molecule has 0 heterocycles. The minimum Gasteiger partial charge on any atom is -0.340 e. The molecule has 0 unspecified atom stereocenters. The van der Waals surface area contributed by atoms with Crippen molar-refractivity contribution in [1.29, 1.82) is 0 Å². The third-order valence-corrected chi connectivity index (χ3v) is 4.86. The molecule has 0 saturated heterocycles. The number of likely N-dealkylation sites (N-methyl/N-ethyl adjacent to an activating group) is 2. The van der Waals surface area contributed by atoms with Crippen LogP contribution in [0.2, 0.25) is 0 Å². The summed E-state index contributed by atoms with van der Waals surface area (Å²) in [5.41, 5.74) is 2.03. The summed E-state index contributed by atoms with van der Waals surface area (Å²) >= 11 is 3.46. The third kappa shape index (κ3) is 3.07. The Labute approximate surface area is 130 Å². The fourth-order valence-electron chi connectivity index (χ4n) is 2.93. The number of rotatable bonds is 4. The molecule has 0 spiro atoms. The van der Waals surface area contributed by atoms with Crippen LogP contribution in [0.25, 0.3) is 0 Å². The summed E-state index contributed by atoms with van der Waals surface area (Å²) in [7, 11) is 6.13. The number of aryl methyl sites for hydroxylation is 1. The molecule has 1 aliphatic carbocycles. The van der Waals surface area contributed by atoms with Gasteiger partial charge in [-0.3, -0.25) is 4.79 Å². The molecule has 1 aromatic rings. The second kappa shape index (κ2) is 5.86. The van der Waals surface area contributed by atoms with Gasteiger partial charge in [0, 0.05) is 29.2 Å². The quantitative estimate of drug-likeness (QED) is 0.840. The molecule has 1 saturated carbocycles. The van der Waals surface area contributed by atoms with Gasteiger partial charge in [-0.1, -0.05) is 15.9 Å². The summed E-state index contributed by atoms with van der Waals surface area (Å²) in [4.78, 5) is 16.7. The highest BCUT2D eigenvalue weighted by Crippen LogP contribution is 2.36. The van der Waals surface area contributed by atoms with Crippen LogP contribution in [-0.4, -0.2) is 48.9 Å². The lowest BCUT2D eigenvalue weighted by Gasteiger charge is -2.49. The second-order valence-corrected chi connectivity index (χ2v) is 7.07. The predicted molar refractivity (Wildman–Crippen MR) is 86.1 cm³/mol. The summed E-state index contributed by atoms with van der Waals surface area (Å²) in [6.07, 6.45) is 3.61. The molecular weight excluding hydrogens is 316 g/mol. The number of amides is 1. The molecule has 20 heavy (non-hydrogen) atoms. The third-order valence-electron chi connectivity index (χ3n) is 4.40. The lowest BCUT2D eigenvalue weighted by Crippen LogP contribution is -2.57. The fraction of sp³-hybridized carbons (Fsp3) is 0.562. The van der Waals surface area contributed by atoms with Crippen LogP contribution >= 0.6 is 15.9 Å². The van der Waals surface area contributed by atoms with Gasteiger partial charge in [-0.2, -0.15) is 0 Å². The summed E-state index contributed by atoms with van der Waals surface area (Å²) in [5, 5.41) is 0. The molecular formula is C16H23BrN2O. The highest BCUT2D eigenvalue weighted by Gasteiger charge is 2.40. The van der Waals surface area contributed by atoms with Crippen LogP contribution in [0.4, 0.5) is 0 Å². The predicted octanol–water partition coefficient (Wildman–Crippen LogP) is 3.31. The number of benzene rings is 1. The van der Waals surface area contributed by atoms with Crippen molar-refractivity contribution in [2.45, 2.75) is 31.7 Å². The maximum atomic E-state index is 12.6. The molecule has 0 aromatic heterocycles. The Morgan fingerprint density at radius 2 is 1.90 bits per heavy atom. The second-order valence-electron chi connectivity index (χ2n) is 6.15. The molecule has 1 aliphatic rings. The van der Waals surface area contributed by atoms with E-state index < -0.39 is 0 Å². The van der Waals surface area contributed by atoms with Gasteiger partial charge in [-0.25, -0.2) is 0 Å². The first-order valence-corrected chi connectivity index (χ1v) is 7.83. The van der Waals surface area contributed by atoms with Gasteiger partial charge in [0.25, 0.3) is 5.91 Å². The van der Waals surface area contributed by atoms with Gasteiger partial charge in [-0.05, 0) is 64.0 Å². The van der Waals surface area contributed by atoms with Crippen LogP contribution in [0.1, 0.15) is 35.2 Å². The van der Waals surface area contributed by atoms with Gasteiger partial charge < -0.3 is 9.80 Å². The number of hydrogen-bond donors (Lipinski definition) is 0. The van der Waals surface area contributed by atoms with Crippen molar-refractivity contribution in [3.8, 4) is 0 Å².